The maximum Gasteiger partial charge on any atom is 0.488 e. The van der Waals surface area contributed by atoms with Crippen LogP contribution in [0.5, 0.6) is 0 Å². The molecule has 1 aliphatic rings. The molecule has 18 nitrogen and oxygen atoms in total. The molecule has 21 heteroatoms. The van der Waals surface area contributed by atoms with Gasteiger partial charge in [-0.05, 0) is 0 Å². The molecule has 186 valence electrons. The maximum atomic E-state index is 12.6. The molecule has 33 heavy (non-hydrogen) atoms. The summed E-state index contributed by atoms with van der Waals surface area (Å²) in [5, 5.41) is 20.7. The van der Waals surface area contributed by atoms with Gasteiger partial charge in [0.05, 0.1) is 12.9 Å². The van der Waals surface area contributed by atoms with Gasteiger partial charge in [-0.3, -0.25) is 18.9 Å². The number of aliphatic hydroxyl groups is 2. The van der Waals surface area contributed by atoms with Crippen molar-refractivity contribution in [3.8, 4) is 0 Å². The third-order valence-electron chi connectivity index (χ3n) is 4.32. The van der Waals surface area contributed by atoms with Crippen molar-refractivity contribution in [1.29, 1.82) is 0 Å². The summed E-state index contributed by atoms with van der Waals surface area (Å²) in [4.78, 5) is 48.6. The smallest absolute Gasteiger partial charge is 0.387 e. The van der Waals surface area contributed by atoms with Crippen LogP contribution in [0.15, 0.2) is 11.1 Å². The molecule has 1 fully saturated rings. The minimum absolute atomic E-state index is 0.0626. The number of aromatic amines is 1. The summed E-state index contributed by atoms with van der Waals surface area (Å²) in [5.74, 6) is -0.242. The van der Waals surface area contributed by atoms with Gasteiger partial charge in [-0.25, -0.2) is 18.4 Å². The number of imidazole rings is 1. The zero-order chi connectivity index (χ0) is 24.8. The van der Waals surface area contributed by atoms with E-state index in [1.54, 1.807) is 0 Å². The first-order valence-corrected chi connectivity index (χ1v) is 13.7. The Hall–Kier alpha value is -1.52. The van der Waals surface area contributed by atoms with Crippen LogP contribution in [0.25, 0.3) is 11.2 Å². The lowest BCUT2D eigenvalue weighted by molar-refractivity contribution is -0.0483. The van der Waals surface area contributed by atoms with Crippen molar-refractivity contribution in [2.45, 2.75) is 31.5 Å². The van der Waals surface area contributed by atoms with Crippen LogP contribution in [0.4, 0.5) is 5.95 Å². The van der Waals surface area contributed by atoms with Crippen molar-refractivity contribution in [2.75, 3.05) is 18.5 Å². The zero-order valence-electron chi connectivity index (χ0n) is 16.6. The Morgan fingerprint density at radius 3 is 2.48 bits per heavy atom. The molecule has 0 amide bonds. The number of anilines is 1. The Bertz CT molecular complexity index is 1230. The number of aromatic nitrogens is 4. The first-order valence-electron chi connectivity index (χ1n) is 8.93. The van der Waals surface area contributed by atoms with Crippen LogP contribution in [0.1, 0.15) is 13.2 Å². The van der Waals surface area contributed by atoms with Gasteiger partial charge in [0.1, 0.15) is 18.3 Å². The summed E-state index contributed by atoms with van der Waals surface area (Å²) in [6, 6.07) is 0. The highest BCUT2D eigenvalue weighted by molar-refractivity contribution is 7.68. The van der Waals surface area contributed by atoms with Crippen LogP contribution in [-0.2, 0) is 31.6 Å². The van der Waals surface area contributed by atoms with Gasteiger partial charge in [0.25, 0.3) is 5.56 Å². The number of phosphoric acid groups is 2. The number of aliphatic hydroxyl groups excluding tert-OH is 2. The number of H-pyrrole nitrogens is 1. The Kier molecular flexibility index (Phi) is 7.32. The second-order valence-corrected chi connectivity index (χ2v) is 12.0. The molecule has 8 N–H and O–H groups in total. The van der Waals surface area contributed by atoms with Gasteiger partial charge in [-0.2, -0.15) is 9.29 Å². The molecule has 3 rings (SSSR count). The van der Waals surface area contributed by atoms with Gasteiger partial charge in [0.15, 0.2) is 17.4 Å². The summed E-state index contributed by atoms with van der Waals surface area (Å²) >= 11 is 0. The van der Waals surface area contributed by atoms with E-state index in [2.05, 4.69) is 23.6 Å². The Morgan fingerprint density at radius 2 is 1.88 bits per heavy atom. The fourth-order valence-corrected chi connectivity index (χ4v) is 6.82. The predicted octanol–water partition coefficient (Wildman–Crippen LogP) is -1.22. The number of nitrogens with one attached hydrogen (secondary N) is 1. The second-order valence-electron chi connectivity index (χ2n) is 6.67. The highest BCUT2D eigenvalue weighted by atomic mass is 31.3. The number of nitrogen functional groups attached to an aromatic ring is 1. The molecule has 3 heterocycles. The zero-order valence-corrected chi connectivity index (χ0v) is 19.2. The number of hydrogen-bond donors (Lipinski definition) is 7. The van der Waals surface area contributed by atoms with Gasteiger partial charge in [-0.15, -0.1) is 0 Å². The summed E-state index contributed by atoms with van der Waals surface area (Å²) in [6.45, 7) is 0.464. The predicted molar refractivity (Wildman–Crippen MR) is 107 cm³/mol. The van der Waals surface area contributed by atoms with Gasteiger partial charge in [0.2, 0.25) is 5.95 Å². The van der Waals surface area contributed by atoms with Crippen LogP contribution in [0.2, 0.25) is 0 Å². The molecular weight excluding hydrogens is 515 g/mol. The molecule has 2 aromatic rings. The highest BCUT2D eigenvalue weighted by Gasteiger charge is 2.46. The minimum atomic E-state index is -5.50. The second kappa shape index (κ2) is 9.26. The van der Waals surface area contributed by atoms with Crippen molar-refractivity contribution in [3.05, 3.63) is 16.7 Å². The van der Waals surface area contributed by atoms with Crippen LogP contribution in [0, 0.1) is 0 Å². The summed E-state index contributed by atoms with van der Waals surface area (Å²) in [5.41, 5.74) is 4.67. The normalized spacial score (nSPS) is 27.5. The molecule has 0 saturated carbocycles. The fourth-order valence-electron chi connectivity index (χ4n) is 2.89. The van der Waals surface area contributed by atoms with E-state index < -0.39 is 66.1 Å². The molecular formula is C12H20N5O13P3. The quantitative estimate of drug-likeness (QED) is 0.185. The molecule has 0 aliphatic carbocycles. The lowest BCUT2D eigenvalue weighted by atomic mass is 10.1. The largest absolute Gasteiger partial charge is 0.488 e. The van der Waals surface area contributed by atoms with E-state index in [1.807, 2.05) is 0 Å². The number of nitrogens with zero attached hydrogens (tertiary/aromatic N) is 3. The number of fused-ring (bicyclic) bond motifs is 1. The third kappa shape index (κ3) is 5.95. The molecule has 3 unspecified atom stereocenters. The van der Waals surface area contributed by atoms with Crippen LogP contribution >= 0.6 is 23.2 Å². The SMILES string of the molecule is CCP(=O)(OC[C@H]1O[C@@H](n2cnc3c(=O)[nH]c(N)nc32)[C@@H](O)C1O)OP(=O)(O)OP(=O)(O)O. The molecule has 1 saturated heterocycles. The van der Waals surface area contributed by atoms with Gasteiger partial charge in [0, 0.05) is 6.16 Å². The van der Waals surface area contributed by atoms with Gasteiger partial charge < -0.3 is 39.9 Å². The summed E-state index contributed by atoms with van der Waals surface area (Å²) in [7, 11) is -15.5. The monoisotopic (exact) mass is 535 g/mol. The fraction of sp³-hybridized carbons (Fsp3) is 0.583. The number of ether oxygens (including phenoxy) is 1. The first kappa shape index (κ1) is 26.1. The molecule has 0 radical (unpaired) electrons. The lowest BCUT2D eigenvalue weighted by Crippen LogP contribution is -2.33. The van der Waals surface area contributed by atoms with Crippen LogP contribution in [0.3, 0.4) is 0 Å². The highest BCUT2D eigenvalue weighted by Crippen LogP contribution is 2.67. The van der Waals surface area contributed by atoms with E-state index in [4.69, 9.17) is 24.8 Å². The summed E-state index contributed by atoms with van der Waals surface area (Å²) < 4.78 is 54.6. The molecule has 0 bridgehead atoms. The van der Waals surface area contributed by atoms with E-state index in [0.29, 0.717) is 0 Å². The average molecular weight is 535 g/mol. The topological polar surface area (TPSA) is 279 Å². The maximum absolute atomic E-state index is 12.6. The van der Waals surface area contributed by atoms with E-state index >= 15 is 0 Å². The standard InChI is InChI=1S/C12H20N5O13P3/c1-2-31(21,29-33(25,26)30-32(22,23)24)27-3-5-7(18)8(19)11(28-5)17-4-14-6-9(17)15-12(13)16-10(6)20/h4-5,7-8,11,18-19H,2-3H2,1H3,(H,25,26)(H2,22,23,24)(H3,13,15,16,20)/t5-,7?,8+,11-,31?/m1/s1. The Labute approximate surface area is 183 Å². The minimum Gasteiger partial charge on any atom is -0.387 e. The molecule has 0 aromatic carbocycles. The summed E-state index contributed by atoms with van der Waals surface area (Å²) in [6.07, 6.45) is -5.37. The van der Waals surface area contributed by atoms with E-state index in [0.717, 1.165) is 10.9 Å². The molecule has 0 spiro atoms. The Morgan fingerprint density at radius 1 is 1.21 bits per heavy atom. The van der Waals surface area contributed by atoms with Crippen LogP contribution < -0.4 is 11.3 Å². The van der Waals surface area contributed by atoms with E-state index in [-0.39, 0.29) is 17.1 Å². The van der Waals surface area contributed by atoms with Crippen molar-refractivity contribution in [3.63, 3.8) is 0 Å². The average Bonchev–Trinajstić information content (AvgIpc) is 3.20. The van der Waals surface area contributed by atoms with Crippen LogP contribution in [-0.4, -0.2) is 75.5 Å². The van der Waals surface area contributed by atoms with Gasteiger partial charge in [-0.1, -0.05) is 6.92 Å². The van der Waals surface area contributed by atoms with Crippen molar-refractivity contribution in [1.82, 2.24) is 19.5 Å². The molecule has 1 aliphatic heterocycles. The molecule has 2 aromatic heterocycles. The van der Waals surface area contributed by atoms with Crippen molar-refractivity contribution >= 4 is 40.4 Å². The van der Waals surface area contributed by atoms with Crippen molar-refractivity contribution in [2.24, 2.45) is 0 Å². The number of hydrogen-bond acceptors (Lipinski definition) is 13. The van der Waals surface area contributed by atoms with Gasteiger partial charge >= 0.3 is 23.2 Å². The molecule has 6 atom stereocenters. The van der Waals surface area contributed by atoms with Crippen molar-refractivity contribution < 1.29 is 56.5 Å². The lowest BCUT2D eigenvalue weighted by Gasteiger charge is -2.22. The van der Waals surface area contributed by atoms with E-state index in [1.165, 1.54) is 6.92 Å². The number of rotatable bonds is 9. The Balaban J connectivity index is 1.75. The first-order chi connectivity index (χ1) is 15.1. The number of nitrogens with two attached hydrogens (primary N) is 1. The van der Waals surface area contributed by atoms with E-state index in [9.17, 15) is 33.6 Å². The third-order valence-corrected chi connectivity index (χ3v) is 9.14.